The van der Waals surface area contributed by atoms with Crippen LogP contribution >= 0.6 is 11.3 Å². The lowest BCUT2D eigenvalue weighted by atomic mass is 10.2. The first kappa shape index (κ1) is 20.5. The number of sulfonamides is 1. The second kappa shape index (κ2) is 8.92. The van der Waals surface area contributed by atoms with Crippen molar-refractivity contribution >= 4 is 32.7 Å². The van der Waals surface area contributed by atoms with Gasteiger partial charge in [0.1, 0.15) is 5.75 Å². The Morgan fingerprint density at radius 3 is 2.77 bits per heavy atom. The van der Waals surface area contributed by atoms with Crippen LogP contribution in [0.2, 0.25) is 0 Å². The number of hydrogen-bond donors (Lipinski definition) is 2. The van der Waals surface area contributed by atoms with E-state index in [9.17, 15) is 13.5 Å². The summed E-state index contributed by atoms with van der Waals surface area (Å²) < 4.78 is 32.5. The molecule has 0 radical (unpaired) electrons. The maximum atomic E-state index is 12.9. The molecule has 0 aliphatic carbocycles. The summed E-state index contributed by atoms with van der Waals surface area (Å²) in [6.45, 7) is 1.52. The number of nitrogens with zero attached hydrogens (tertiary/aromatic N) is 3. The van der Waals surface area contributed by atoms with Crippen LogP contribution in [0.25, 0.3) is 11.3 Å². The molecule has 30 heavy (non-hydrogen) atoms. The summed E-state index contributed by atoms with van der Waals surface area (Å²) >= 11 is 1.36. The number of hydrogen-bond acceptors (Lipinski definition) is 8. The molecule has 10 heteroatoms. The van der Waals surface area contributed by atoms with Crippen LogP contribution in [0.5, 0.6) is 5.75 Å². The van der Waals surface area contributed by atoms with Crippen molar-refractivity contribution in [1.29, 1.82) is 0 Å². The average molecular weight is 445 g/mol. The van der Waals surface area contributed by atoms with Gasteiger partial charge in [0.2, 0.25) is 15.2 Å². The highest BCUT2D eigenvalue weighted by Crippen LogP contribution is 2.28. The molecule has 4 rings (SSSR count). The first-order valence-corrected chi connectivity index (χ1v) is 11.6. The molecule has 156 valence electrons. The van der Waals surface area contributed by atoms with Gasteiger partial charge in [0, 0.05) is 24.0 Å². The molecule has 8 nitrogen and oxygen atoms in total. The minimum absolute atomic E-state index is 0.169. The molecule has 2 heterocycles. The number of benzene rings is 2. The van der Waals surface area contributed by atoms with Gasteiger partial charge in [0.15, 0.2) is 0 Å². The summed E-state index contributed by atoms with van der Waals surface area (Å²) in [4.78, 5) is 4.72. The number of nitrogens with one attached hydrogen (secondary N) is 1. The van der Waals surface area contributed by atoms with Gasteiger partial charge in [0.05, 0.1) is 30.0 Å². The molecule has 1 saturated heterocycles. The highest BCUT2D eigenvalue weighted by molar-refractivity contribution is 7.89. The topological polar surface area (TPSA) is 104 Å². The lowest BCUT2D eigenvalue weighted by molar-refractivity contribution is 0.0730. The summed E-state index contributed by atoms with van der Waals surface area (Å²) in [5, 5.41) is 16.0. The zero-order valence-corrected chi connectivity index (χ0v) is 17.6. The number of phenolic OH excluding ortho intramolecular Hbond substituents is 1. The van der Waals surface area contributed by atoms with Crippen LogP contribution in [0.3, 0.4) is 0 Å². The van der Waals surface area contributed by atoms with Gasteiger partial charge in [-0.15, -0.1) is 11.3 Å². The van der Waals surface area contributed by atoms with E-state index >= 15 is 0 Å². The second-order valence-corrected chi connectivity index (χ2v) is 9.34. The Hall–Kier alpha value is -2.79. The number of aromatic nitrogens is 1. The molecular weight excluding hydrogens is 424 g/mol. The van der Waals surface area contributed by atoms with Crippen LogP contribution < -0.4 is 5.43 Å². The molecule has 0 bridgehead atoms. The lowest BCUT2D eigenvalue weighted by Gasteiger charge is -2.26. The van der Waals surface area contributed by atoms with E-state index in [1.807, 2.05) is 17.5 Å². The number of hydrazone groups is 1. The molecule has 0 amide bonds. The zero-order valence-electron chi connectivity index (χ0n) is 15.9. The fraction of sp³-hybridized carbons (Fsp3) is 0.200. The predicted octanol–water partition coefficient (Wildman–Crippen LogP) is 2.98. The number of morpholine rings is 1. The molecular formula is C20H20N4O4S2. The van der Waals surface area contributed by atoms with Crippen molar-refractivity contribution in [1.82, 2.24) is 9.29 Å². The molecule has 1 aliphatic heterocycles. The molecule has 1 fully saturated rings. The quantitative estimate of drug-likeness (QED) is 0.447. The van der Waals surface area contributed by atoms with Crippen LogP contribution in [-0.2, 0) is 14.8 Å². The van der Waals surface area contributed by atoms with Crippen molar-refractivity contribution in [3.8, 4) is 17.0 Å². The third-order valence-electron chi connectivity index (χ3n) is 4.49. The number of phenols is 1. The molecule has 3 aromatic rings. The minimum atomic E-state index is -3.56. The van der Waals surface area contributed by atoms with E-state index in [2.05, 4.69) is 15.5 Å². The predicted molar refractivity (Wildman–Crippen MR) is 116 cm³/mol. The molecule has 2 N–H and O–H groups in total. The van der Waals surface area contributed by atoms with Gasteiger partial charge in [-0.2, -0.15) is 9.41 Å². The van der Waals surface area contributed by atoms with Crippen molar-refractivity contribution in [3.63, 3.8) is 0 Å². The average Bonchev–Trinajstić information content (AvgIpc) is 3.24. The van der Waals surface area contributed by atoms with E-state index in [4.69, 9.17) is 4.74 Å². The summed E-state index contributed by atoms with van der Waals surface area (Å²) in [5.41, 5.74) is 4.98. The van der Waals surface area contributed by atoms with E-state index in [1.54, 1.807) is 42.6 Å². The van der Waals surface area contributed by atoms with Gasteiger partial charge < -0.3 is 9.84 Å². The molecule has 1 aromatic heterocycles. The molecule has 1 aliphatic rings. The molecule has 0 unspecified atom stereocenters. The lowest BCUT2D eigenvalue weighted by Crippen LogP contribution is -2.40. The maximum Gasteiger partial charge on any atom is 0.243 e. The first-order chi connectivity index (χ1) is 14.5. The van der Waals surface area contributed by atoms with Crippen LogP contribution in [-0.4, -0.2) is 55.3 Å². The van der Waals surface area contributed by atoms with E-state index in [0.717, 1.165) is 5.56 Å². The number of rotatable bonds is 6. The maximum absolute atomic E-state index is 12.9. The molecule has 0 spiro atoms. The van der Waals surface area contributed by atoms with E-state index in [1.165, 1.54) is 15.6 Å². The number of aromatic hydroxyl groups is 1. The third-order valence-corrected chi connectivity index (χ3v) is 7.13. The Kier molecular flexibility index (Phi) is 6.09. The standard InChI is InChI=1S/C20H20N4O4S2/c25-17-5-1-3-15(11-17)13-21-23-20-22-19(14-29-20)16-4-2-6-18(12-16)30(26,27)24-7-9-28-10-8-24/h1-6,11-14,25H,7-10H2,(H,22,23)/b21-13-. The van der Waals surface area contributed by atoms with Crippen molar-refractivity contribution < 1.29 is 18.3 Å². The van der Waals surface area contributed by atoms with Crippen LogP contribution in [0.15, 0.2) is 63.9 Å². The van der Waals surface area contributed by atoms with Crippen LogP contribution in [0.1, 0.15) is 5.56 Å². The Balaban J connectivity index is 1.49. The van der Waals surface area contributed by atoms with Crippen molar-refractivity contribution in [2.45, 2.75) is 4.90 Å². The zero-order chi connectivity index (χ0) is 21.0. The fourth-order valence-electron chi connectivity index (χ4n) is 2.98. The Bertz CT molecular complexity index is 1150. The largest absolute Gasteiger partial charge is 0.508 e. The summed E-state index contributed by atoms with van der Waals surface area (Å²) in [7, 11) is -3.56. The summed E-state index contributed by atoms with van der Waals surface area (Å²) in [6, 6.07) is 13.5. The van der Waals surface area contributed by atoms with E-state index < -0.39 is 10.0 Å². The third kappa shape index (κ3) is 4.68. The number of ether oxygens (including phenoxy) is 1. The Labute approximate surface area is 178 Å². The highest BCUT2D eigenvalue weighted by atomic mass is 32.2. The van der Waals surface area contributed by atoms with Crippen molar-refractivity contribution in [2.75, 3.05) is 31.7 Å². The summed E-state index contributed by atoms with van der Waals surface area (Å²) in [5.74, 6) is 0.169. The fourth-order valence-corrected chi connectivity index (χ4v) is 5.10. The van der Waals surface area contributed by atoms with Gasteiger partial charge in [-0.05, 0) is 29.8 Å². The van der Waals surface area contributed by atoms with Gasteiger partial charge in [-0.3, -0.25) is 5.43 Å². The first-order valence-electron chi connectivity index (χ1n) is 9.24. The van der Waals surface area contributed by atoms with Gasteiger partial charge in [-0.25, -0.2) is 13.4 Å². The number of anilines is 1. The normalized spacial score (nSPS) is 15.5. The minimum Gasteiger partial charge on any atom is -0.508 e. The van der Waals surface area contributed by atoms with E-state index in [-0.39, 0.29) is 10.6 Å². The van der Waals surface area contributed by atoms with Crippen molar-refractivity contribution in [3.05, 3.63) is 59.5 Å². The van der Waals surface area contributed by atoms with Crippen LogP contribution in [0, 0.1) is 0 Å². The Morgan fingerprint density at radius 1 is 1.17 bits per heavy atom. The van der Waals surface area contributed by atoms with Gasteiger partial charge in [0.25, 0.3) is 0 Å². The number of thiazole rings is 1. The van der Waals surface area contributed by atoms with Crippen LogP contribution in [0.4, 0.5) is 5.13 Å². The molecule has 0 atom stereocenters. The smallest absolute Gasteiger partial charge is 0.243 e. The Morgan fingerprint density at radius 2 is 1.97 bits per heavy atom. The molecule has 0 saturated carbocycles. The second-order valence-electron chi connectivity index (χ2n) is 6.55. The van der Waals surface area contributed by atoms with Gasteiger partial charge in [-0.1, -0.05) is 24.3 Å². The summed E-state index contributed by atoms with van der Waals surface area (Å²) in [6.07, 6.45) is 1.58. The van der Waals surface area contributed by atoms with Crippen molar-refractivity contribution in [2.24, 2.45) is 5.10 Å². The highest BCUT2D eigenvalue weighted by Gasteiger charge is 2.26. The van der Waals surface area contributed by atoms with Gasteiger partial charge >= 0.3 is 0 Å². The SMILES string of the molecule is O=S(=O)(c1cccc(-c2csc(N/N=C\c3cccc(O)c3)n2)c1)N1CCOCC1. The molecule has 2 aromatic carbocycles. The van der Waals surface area contributed by atoms with E-state index in [0.29, 0.717) is 42.7 Å². The monoisotopic (exact) mass is 444 g/mol.